The van der Waals surface area contributed by atoms with Gasteiger partial charge in [0.2, 0.25) is 0 Å². The van der Waals surface area contributed by atoms with Crippen molar-refractivity contribution in [2.75, 3.05) is 0 Å². The Balaban J connectivity index is 1.82. The van der Waals surface area contributed by atoms with Gasteiger partial charge in [-0.1, -0.05) is 60.7 Å². The molecule has 3 aromatic rings. The molecule has 3 amide bonds. The summed E-state index contributed by atoms with van der Waals surface area (Å²) in [7, 11) is 1.72. The summed E-state index contributed by atoms with van der Waals surface area (Å²) in [4.78, 5) is 31.5. The van der Waals surface area contributed by atoms with Crippen LogP contribution in [0.5, 0.6) is 0 Å². The lowest BCUT2D eigenvalue weighted by Crippen LogP contribution is -2.45. The molecule has 0 spiro atoms. The second-order valence-electron chi connectivity index (χ2n) is 6.10. The van der Waals surface area contributed by atoms with E-state index in [-0.39, 0.29) is 12.5 Å². The zero-order valence-electron chi connectivity index (χ0n) is 14.2. The Morgan fingerprint density at radius 2 is 1.54 bits per heavy atom. The molecule has 0 saturated carbocycles. The number of imide groups is 1. The average Bonchev–Trinajstić information content (AvgIpc) is 3.20. The molecular weight excluding hydrogens is 330 g/mol. The van der Waals surface area contributed by atoms with Crippen molar-refractivity contribution in [1.82, 2.24) is 25.0 Å². The average molecular weight is 347 g/mol. The van der Waals surface area contributed by atoms with Crippen LogP contribution in [0.3, 0.4) is 0 Å². The van der Waals surface area contributed by atoms with E-state index in [2.05, 4.69) is 15.4 Å². The monoisotopic (exact) mass is 347 g/mol. The Bertz CT molecular complexity index is 913. The lowest BCUT2D eigenvalue weighted by Gasteiger charge is -2.28. The van der Waals surface area contributed by atoms with Crippen molar-refractivity contribution in [1.29, 1.82) is 0 Å². The Morgan fingerprint density at radius 3 is 2.04 bits per heavy atom. The normalized spacial score (nSPS) is 16.0. The van der Waals surface area contributed by atoms with Crippen LogP contribution in [-0.4, -0.2) is 31.6 Å². The number of hydrogen-bond donors (Lipinski definition) is 1. The predicted octanol–water partition coefficient (Wildman–Crippen LogP) is 1.81. The lowest BCUT2D eigenvalue weighted by molar-refractivity contribution is -0.130. The van der Waals surface area contributed by atoms with Gasteiger partial charge in [-0.2, -0.15) is 5.10 Å². The van der Waals surface area contributed by atoms with Crippen LogP contribution in [-0.2, 0) is 23.9 Å². The molecule has 1 aliphatic rings. The fourth-order valence-electron chi connectivity index (χ4n) is 3.26. The van der Waals surface area contributed by atoms with Gasteiger partial charge in [-0.05, 0) is 11.1 Å². The third kappa shape index (κ3) is 2.36. The number of urea groups is 1. The van der Waals surface area contributed by atoms with E-state index in [4.69, 9.17) is 0 Å². The largest absolute Gasteiger partial charge is 0.325 e. The third-order valence-corrected chi connectivity index (χ3v) is 4.62. The molecule has 1 saturated heterocycles. The summed E-state index contributed by atoms with van der Waals surface area (Å²) in [6.07, 6.45) is 1.40. The summed E-state index contributed by atoms with van der Waals surface area (Å²) >= 11 is 0. The molecule has 7 nitrogen and oxygen atoms in total. The van der Waals surface area contributed by atoms with Crippen molar-refractivity contribution in [3.8, 4) is 0 Å². The fourth-order valence-corrected chi connectivity index (χ4v) is 3.26. The van der Waals surface area contributed by atoms with Crippen LogP contribution in [0, 0.1) is 0 Å². The number of aromatic nitrogens is 3. The molecule has 0 radical (unpaired) electrons. The van der Waals surface area contributed by atoms with Gasteiger partial charge in [0.15, 0.2) is 5.54 Å². The van der Waals surface area contributed by atoms with Crippen molar-refractivity contribution < 1.29 is 9.59 Å². The van der Waals surface area contributed by atoms with E-state index in [0.717, 1.165) is 0 Å². The molecule has 7 heteroatoms. The predicted molar refractivity (Wildman–Crippen MR) is 93.7 cm³/mol. The maximum absolute atomic E-state index is 13.5. The Morgan fingerprint density at radius 1 is 0.962 bits per heavy atom. The number of nitrogens with zero attached hydrogens (tertiary/aromatic N) is 4. The van der Waals surface area contributed by atoms with Crippen LogP contribution in [0.15, 0.2) is 67.0 Å². The standard InChI is InChI=1S/C19H17N5O2/c1-23-16(20-13-21-23)12-24-17(25)19(22-18(24)26,14-8-4-2-5-9-14)15-10-6-3-7-11-15/h2-11,13H,12H2,1H3,(H,22,26). The summed E-state index contributed by atoms with van der Waals surface area (Å²) in [6, 6.07) is 18.1. The molecule has 130 valence electrons. The van der Waals surface area contributed by atoms with Gasteiger partial charge in [0, 0.05) is 7.05 Å². The number of rotatable bonds is 4. The lowest BCUT2D eigenvalue weighted by atomic mass is 9.82. The van der Waals surface area contributed by atoms with E-state index in [1.54, 1.807) is 11.7 Å². The van der Waals surface area contributed by atoms with Gasteiger partial charge in [-0.3, -0.25) is 14.4 Å². The maximum Gasteiger partial charge on any atom is 0.325 e. The topological polar surface area (TPSA) is 80.1 Å². The zero-order chi connectivity index (χ0) is 18.1. The van der Waals surface area contributed by atoms with E-state index in [9.17, 15) is 9.59 Å². The van der Waals surface area contributed by atoms with Crippen molar-refractivity contribution in [3.63, 3.8) is 0 Å². The fraction of sp³-hybridized carbons (Fsp3) is 0.158. The highest BCUT2D eigenvalue weighted by molar-refractivity contribution is 6.09. The van der Waals surface area contributed by atoms with Crippen LogP contribution in [0.2, 0.25) is 0 Å². The molecule has 2 heterocycles. The number of hydrogen-bond acceptors (Lipinski definition) is 4. The van der Waals surface area contributed by atoms with E-state index < -0.39 is 11.6 Å². The minimum absolute atomic E-state index is 0.0581. The number of amides is 3. The number of aryl methyl sites for hydroxylation is 1. The second-order valence-corrected chi connectivity index (χ2v) is 6.10. The molecule has 0 unspecified atom stereocenters. The highest BCUT2D eigenvalue weighted by atomic mass is 16.2. The van der Waals surface area contributed by atoms with E-state index in [1.807, 2.05) is 60.7 Å². The maximum atomic E-state index is 13.5. The summed E-state index contributed by atoms with van der Waals surface area (Å²) in [5.41, 5.74) is 0.174. The van der Waals surface area contributed by atoms with Crippen LogP contribution < -0.4 is 5.32 Å². The van der Waals surface area contributed by atoms with E-state index in [0.29, 0.717) is 17.0 Å². The molecule has 1 aromatic heterocycles. The summed E-state index contributed by atoms with van der Waals surface area (Å²) in [5.74, 6) is 0.202. The molecule has 26 heavy (non-hydrogen) atoms. The van der Waals surface area contributed by atoms with Crippen molar-refractivity contribution in [2.45, 2.75) is 12.1 Å². The molecule has 0 aliphatic carbocycles. The Hall–Kier alpha value is -3.48. The van der Waals surface area contributed by atoms with E-state index >= 15 is 0 Å². The van der Waals surface area contributed by atoms with Crippen LogP contribution >= 0.6 is 0 Å². The number of benzene rings is 2. The summed E-state index contributed by atoms with van der Waals surface area (Å²) in [5, 5.41) is 6.91. The van der Waals surface area contributed by atoms with E-state index in [1.165, 1.54) is 11.2 Å². The minimum Gasteiger partial charge on any atom is -0.315 e. The minimum atomic E-state index is -1.25. The molecule has 2 aromatic carbocycles. The smallest absolute Gasteiger partial charge is 0.315 e. The zero-order valence-corrected chi connectivity index (χ0v) is 14.2. The van der Waals surface area contributed by atoms with Crippen LogP contribution in [0.1, 0.15) is 17.0 Å². The molecule has 4 rings (SSSR count). The van der Waals surface area contributed by atoms with Crippen molar-refractivity contribution in [2.24, 2.45) is 7.05 Å². The molecule has 1 aliphatic heterocycles. The number of nitrogens with one attached hydrogen (secondary N) is 1. The van der Waals surface area contributed by atoms with Gasteiger partial charge in [0.1, 0.15) is 12.2 Å². The highest BCUT2D eigenvalue weighted by Gasteiger charge is 2.53. The van der Waals surface area contributed by atoms with Gasteiger partial charge in [-0.15, -0.1) is 0 Å². The SMILES string of the molecule is Cn1ncnc1CN1C(=O)NC(c2ccccc2)(c2ccccc2)C1=O. The van der Waals surface area contributed by atoms with Gasteiger partial charge >= 0.3 is 6.03 Å². The molecule has 1 fully saturated rings. The van der Waals surface area contributed by atoms with Crippen LogP contribution in [0.4, 0.5) is 4.79 Å². The molecule has 0 atom stereocenters. The Labute approximate surface area is 150 Å². The molecule has 1 N–H and O–H groups in total. The molecular formula is C19H17N5O2. The number of carbonyl (C=O) groups excluding carboxylic acids is 2. The number of carbonyl (C=O) groups is 2. The summed E-state index contributed by atoms with van der Waals surface area (Å²) in [6.45, 7) is 0.0581. The molecule has 0 bridgehead atoms. The highest BCUT2D eigenvalue weighted by Crippen LogP contribution is 2.36. The first kappa shape index (κ1) is 16.0. The third-order valence-electron chi connectivity index (χ3n) is 4.62. The first-order valence-electron chi connectivity index (χ1n) is 8.21. The van der Waals surface area contributed by atoms with Crippen molar-refractivity contribution >= 4 is 11.9 Å². The van der Waals surface area contributed by atoms with Crippen LogP contribution in [0.25, 0.3) is 0 Å². The second kappa shape index (κ2) is 6.11. The van der Waals surface area contributed by atoms with Gasteiger partial charge in [0.05, 0.1) is 6.54 Å². The van der Waals surface area contributed by atoms with Gasteiger partial charge in [0.25, 0.3) is 5.91 Å². The van der Waals surface area contributed by atoms with Gasteiger partial charge < -0.3 is 5.32 Å². The first-order chi connectivity index (χ1) is 12.6. The summed E-state index contributed by atoms with van der Waals surface area (Å²) < 4.78 is 1.55. The van der Waals surface area contributed by atoms with Gasteiger partial charge in [-0.25, -0.2) is 9.78 Å². The Kier molecular flexibility index (Phi) is 3.76. The quantitative estimate of drug-likeness (QED) is 0.730. The first-order valence-corrected chi connectivity index (χ1v) is 8.21. The van der Waals surface area contributed by atoms with Crippen molar-refractivity contribution in [3.05, 3.63) is 83.9 Å².